The molecule has 3 rings (SSSR count). The first kappa shape index (κ1) is 14.8. The normalized spacial score (nSPS) is 13.0. The number of carbonyl (C=O) groups is 2. The van der Waals surface area contributed by atoms with Crippen LogP contribution < -0.4 is 21.3 Å². The van der Waals surface area contributed by atoms with E-state index in [1.165, 1.54) is 18.2 Å². The quantitative estimate of drug-likeness (QED) is 0.817. The minimum Gasteiger partial charge on any atom is -0.489 e. The molecular weight excluding hydrogens is 305 g/mol. The number of halogens is 1. The molecule has 7 nitrogen and oxygen atoms in total. The van der Waals surface area contributed by atoms with E-state index in [-0.39, 0.29) is 35.0 Å². The van der Waals surface area contributed by atoms with Crippen molar-refractivity contribution in [2.45, 2.75) is 6.92 Å². The van der Waals surface area contributed by atoms with E-state index in [0.717, 1.165) is 10.6 Å². The SMILES string of the molecule is CCOc1c(F)cccc1-n1c(N)c2c(cc1=O)C(=O)NC2=O. The summed E-state index contributed by atoms with van der Waals surface area (Å²) >= 11 is 0. The van der Waals surface area contributed by atoms with Crippen LogP contribution >= 0.6 is 0 Å². The number of fused-ring (bicyclic) bond motifs is 1. The van der Waals surface area contributed by atoms with Crippen molar-refractivity contribution in [2.75, 3.05) is 12.3 Å². The molecule has 0 saturated heterocycles. The first-order valence-corrected chi connectivity index (χ1v) is 6.78. The Morgan fingerprint density at radius 2 is 2.00 bits per heavy atom. The molecule has 23 heavy (non-hydrogen) atoms. The predicted octanol–water partition coefficient (Wildman–Crippen LogP) is 0.841. The molecule has 118 valence electrons. The summed E-state index contributed by atoms with van der Waals surface area (Å²) < 4.78 is 20.2. The van der Waals surface area contributed by atoms with Gasteiger partial charge in [0.05, 0.1) is 23.4 Å². The topological polar surface area (TPSA) is 103 Å². The van der Waals surface area contributed by atoms with E-state index in [4.69, 9.17) is 10.5 Å². The number of ether oxygens (including phenoxy) is 1. The van der Waals surface area contributed by atoms with Gasteiger partial charge < -0.3 is 10.5 Å². The number of para-hydroxylation sites is 1. The van der Waals surface area contributed by atoms with Crippen LogP contribution in [0.15, 0.2) is 29.1 Å². The number of imide groups is 1. The number of hydrogen-bond acceptors (Lipinski definition) is 5. The number of benzene rings is 1. The van der Waals surface area contributed by atoms with Crippen molar-refractivity contribution in [1.29, 1.82) is 0 Å². The molecule has 8 heteroatoms. The lowest BCUT2D eigenvalue weighted by Crippen LogP contribution is -2.24. The molecule has 2 heterocycles. The van der Waals surface area contributed by atoms with Crippen molar-refractivity contribution < 1.29 is 18.7 Å². The number of hydrogen-bond donors (Lipinski definition) is 2. The number of nitrogens with one attached hydrogen (secondary N) is 1. The van der Waals surface area contributed by atoms with Crippen LogP contribution in [0.4, 0.5) is 10.2 Å². The molecule has 1 aliphatic rings. The number of aromatic nitrogens is 1. The smallest absolute Gasteiger partial charge is 0.262 e. The summed E-state index contributed by atoms with van der Waals surface area (Å²) in [7, 11) is 0. The van der Waals surface area contributed by atoms with Crippen molar-refractivity contribution >= 4 is 17.6 Å². The highest BCUT2D eigenvalue weighted by molar-refractivity contribution is 6.23. The Labute approximate surface area is 129 Å². The Bertz CT molecular complexity index is 904. The van der Waals surface area contributed by atoms with Crippen molar-refractivity contribution in [2.24, 2.45) is 0 Å². The molecule has 0 saturated carbocycles. The summed E-state index contributed by atoms with van der Waals surface area (Å²) in [6.45, 7) is 1.84. The minimum atomic E-state index is -0.703. The first-order valence-electron chi connectivity index (χ1n) is 6.78. The van der Waals surface area contributed by atoms with Gasteiger partial charge in [0.25, 0.3) is 17.4 Å². The zero-order valence-electron chi connectivity index (χ0n) is 12.1. The van der Waals surface area contributed by atoms with Gasteiger partial charge in [-0.25, -0.2) is 4.39 Å². The fourth-order valence-electron chi connectivity index (χ4n) is 2.49. The van der Waals surface area contributed by atoms with E-state index < -0.39 is 23.2 Å². The number of anilines is 1. The van der Waals surface area contributed by atoms with Gasteiger partial charge in [0.1, 0.15) is 5.82 Å². The van der Waals surface area contributed by atoms with Crippen LogP contribution in [0.3, 0.4) is 0 Å². The van der Waals surface area contributed by atoms with Gasteiger partial charge in [0.2, 0.25) is 0 Å². The van der Waals surface area contributed by atoms with Crippen LogP contribution in [0.25, 0.3) is 5.69 Å². The van der Waals surface area contributed by atoms with Gasteiger partial charge >= 0.3 is 0 Å². The summed E-state index contributed by atoms with van der Waals surface area (Å²) in [4.78, 5) is 35.8. The lowest BCUT2D eigenvalue weighted by Gasteiger charge is -2.16. The third-order valence-electron chi connectivity index (χ3n) is 3.43. The van der Waals surface area contributed by atoms with Crippen LogP contribution in [0.5, 0.6) is 5.75 Å². The Kier molecular flexibility index (Phi) is 3.36. The molecule has 1 aromatic heterocycles. The molecule has 0 spiro atoms. The number of nitrogen functional groups attached to an aromatic ring is 1. The van der Waals surface area contributed by atoms with Crippen LogP contribution in [0.1, 0.15) is 27.6 Å². The van der Waals surface area contributed by atoms with Gasteiger partial charge in [-0.15, -0.1) is 0 Å². The average Bonchev–Trinajstić information content (AvgIpc) is 2.77. The van der Waals surface area contributed by atoms with Crippen LogP contribution in [0, 0.1) is 5.82 Å². The molecule has 3 N–H and O–H groups in total. The number of amides is 2. The number of pyridine rings is 1. The van der Waals surface area contributed by atoms with Crippen LogP contribution in [-0.2, 0) is 0 Å². The molecule has 0 radical (unpaired) electrons. The van der Waals surface area contributed by atoms with Crippen molar-refractivity contribution in [3.8, 4) is 11.4 Å². The van der Waals surface area contributed by atoms with Gasteiger partial charge in [-0.1, -0.05) is 6.07 Å². The van der Waals surface area contributed by atoms with Gasteiger partial charge in [0.15, 0.2) is 11.6 Å². The van der Waals surface area contributed by atoms with Crippen molar-refractivity contribution in [3.63, 3.8) is 0 Å². The van der Waals surface area contributed by atoms with Crippen molar-refractivity contribution in [3.05, 3.63) is 51.6 Å². The Balaban J connectivity index is 2.34. The Hall–Kier alpha value is -3.16. The van der Waals surface area contributed by atoms with E-state index in [0.29, 0.717) is 0 Å². The standard InChI is InChI=1S/C15H12FN3O4/c1-2-23-12-8(16)4-3-5-9(12)19-10(20)6-7-11(13(19)17)15(22)18-14(7)21/h3-6H,2,17H2,1H3,(H,18,21,22). The second-order valence-electron chi connectivity index (χ2n) is 4.80. The van der Waals surface area contributed by atoms with Gasteiger partial charge in [-0.2, -0.15) is 0 Å². The molecule has 0 bridgehead atoms. The van der Waals surface area contributed by atoms with E-state index in [9.17, 15) is 18.8 Å². The van der Waals surface area contributed by atoms with Gasteiger partial charge in [0, 0.05) is 6.07 Å². The summed E-state index contributed by atoms with van der Waals surface area (Å²) in [6, 6.07) is 5.00. The molecular formula is C15H12FN3O4. The monoisotopic (exact) mass is 317 g/mol. The predicted molar refractivity (Wildman–Crippen MR) is 79.4 cm³/mol. The third kappa shape index (κ3) is 2.15. The number of rotatable bonds is 3. The van der Waals surface area contributed by atoms with E-state index in [2.05, 4.69) is 5.32 Å². The maximum atomic E-state index is 14.0. The lowest BCUT2D eigenvalue weighted by molar-refractivity contribution is 0.0880. The Morgan fingerprint density at radius 3 is 2.70 bits per heavy atom. The molecule has 0 fully saturated rings. The van der Waals surface area contributed by atoms with Crippen molar-refractivity contribution in [1.82, 2.24) is 9.88 Å². The van der Waals surface area contributed by atoms with Gasteiger partial charge in [-0.05, 0) is 19.1 Å². The number of nitrogens with two attached hydrogens (primary N) is 1. The number of nitrogens with zero attached hydrogens (tertiary/aromatic N) is 1. The molecule has 1 aromatic carbocycles. The van der Waals surface area contributed by atoms with E-state index in [1.807, 2.05) is 0 Å². The fourth-order valence-corrected chi connectivity index (χ4v) is 2.49. The second kappa shape index (κ2) is 5.24. The molecule has 1 aliphatic heterocycles. The highest BCUT2D eigenvalue weighted by atomic mass is 19.1. The maximum Gasteiger partial charge on any atom is 0.262 e. The number of carbonyl (C=O) groups excluding carboxylic acids is 2. The first-order chi connectivity index (χ1) is 11.0. The maximum absolute atomic E-state index is 14.0. The molecule has 0 aliphatic carbocycles. The minimum absolute atomic E-state index is 0.0595. The van der Waals surface area contributed by atoms with Gasteiger partial charge in [-0.3, -0.25) is 24.3 Å². The zero-order chi connectivity index (χ0) is 16.7. The summed E-state index contributed by atoms with van der Waals surface area (Å²) in [6.07, 6.45) is 0. The fraction of sp³-hybridized carbons (Fsp3) is 0.133. The molecule has 2 aromatic rings. The molecule has 2 amide bonds. The summed E-state index contributed by atoms with van der Waals surface area (Å²) in [5.41, 5.74) is 5.09. The third-order valence-corrected chi connectivity index (χ3v) is 3.43. The summed E-state index contributed by atoms with van der Waals surface area (Å²) in [5.74, 6) is -2.47. The lowest BCUT2D eigenvalue weighted by atomic mass is 10.1. The second-order valence-corrected chi connectivity index (χ2v) is 4.80. The van der Waals surface area contributed by atoms with Crippen LogP contribution in [0.2, 0.25) is 0 Å². The summed E-state index contributed by atoms with van der Waals surface area (Å²) in [5, 5.41) is 2.06. The molecule has 0 atom stereocenters. The highest BCUT2D eigenvalue weighted by Crippen LogP contribution is 2.29. The Morgan fingerprint density at radius 1 is 1.26 bits per heavy atom. The highest BCUT2D eigenvalue weighted by Gasteiger charge is 2.32. The van der Waals surface area contributed by atoms with Crippen LogP contribution in [-0.4, -0.2) is 23.0 Å². The van der Waals surface area contributed by atoms with E-state index >= 15 is 0 Å². The average molecular weight is 317 g/mol. The molecule has 0 unspecified atom stereocenters. The van der Waals surface area contributed by atoms with E-state index in [1.54, 1.807) is 6.92 Å². The zero-order valence-corrected chi connectivity index (χ0v) is 12.1. The largest absolute Gasteiger partial charge is 0.489 e.